The maximum Gasteiger partial charge on any atom is 0.212 e. The third-order valence-electron chi connectivity index (χ3n) is 2.37. The van der Waals surface area contributed by atoms with E-state index in [2.05, 4.69) is 33.8 Å². The zero-order chi connectivity index (χ0) is 13.9. The Bertz CT molecular complexity index is 386. The molecule has 20 heavy (non-hydrogen) atoms. The Morgan fingerprint density at radius 3 is 2.75 bits per heavy atom. The average molecular weight is 410 g/mol. The predicted molar refractivity (Wildman–Crippen MR) is 97.4 cm³/mol. The van der Waals surface area contributed by atoms with Gasteiger partial charge in [-0.1, -0.05) is 6.07 Å². The summed E-state index contributed by atoms with van der Waals surface area (Å²) < 4.78 is 5.02. The van der Waals surface area contributed by atoms with Crippen molar-refractivity contribution in [2.45, 2.75) is 13.5 Å². The van der Waals surface area contributed by atoms with Gasteiger partial charge >= 0.3 is 0 Å². The zero-order valence-electron chi connectivity index (χ0n) is 12.2. The van der Waals surface area contributed by atoms with Crippen LogP contribution in [-0.4, -0.2) is 43.2 Å². The molecule has 0 saturated heterocycles. The first-order valence-corrected chi connectivity index (χ1v) is 7.69. The molecule has 114 valence electrons. The summed E-state index contributed by atoms with van der Waals surface area (Å²) in [6.45, 7) is 4.42. The Hall–Kier alpha value is -0.700. The van der Waals surface area contributed by atoms with E-state index in [0.29, 0.717) is 12.4 Å². The van der Waals surface area contributed by atoms with E-state index in [1.54, 1.807) is 13.3 Å². The van der Waals surface area contributed by atoms with Gasteiger partial charge in [-0.15, -0.1) is 24.0 Å². The van der Waals surface area contributed by atoms with Gasteiger partial charge in [0.25, 0.3) is 0 Å². The van der Waals surface area contributed by atoms with Crippen molar-refractivity contribution in [3.8, 4) is 5.88 Å². The molecule has 0 bridgehead atoms. The Kier molecular flexibility index (Phi) is 11.6. The molecule has 0 saturated carbocycles. The van der Waals surface area contributed by atoms with Crippen LogP contribution in [0.2, 0.25) is 0 Å². The molecule has 0 spiro atoms. The predicted octanol–water partition coefficient (Wildman–Crippen LogP) is 2.13. The second-order valence-corrected chi connectivity index (χ2v) is 4.81. The van der Waals surface area contributed by atoms with Crippen molar-refractivity contribution in [3.63, 3.8) is 0 Å². The number of nitrogens with zero attached hydrogens (tertiary/aromatic N) is 2. The molecule has 7 heteroatoms. The Balaban J connectivity index is 0.00000361. The van der Waals surface area contributed by atoms with Gasteiger partial charge in [0.2, 0.25) is 5.88 Å². The first-order valence-electron chi connectivity index (χ1n) is 6.30. The smallest absolute Gasteiger partial charge is 0.212 e. The molecule has 0 aliphatic carbocycles. The highest BCUT2D eigenvalue weighted by molar-refractivity contribution is 14.0. The molecule has 1 aromatic heterocycles. The van der Waals surface area contributed by atoms with Crippen molar-refractivity contribution in [2.24, 2.45) is 4.99 Å². The summed E-state index contributed by atoms with van der Waals surface area (Å²) in [5, 5.41) is 6.51. The number of nitrogens with one attached hydrogen (secondary N) is 2. The molecular formula is C13H23IN4OS. The normalized spacial score (nSPS) is 10.7. The summed E-state index contributed by atoms with van der Waals surface area (Å²) in [6.07, 6.45) is 3.88. The second kappa shape index (κ2) is 12.1. The fourth-order valence-electron chi connectivity index (χ4n) is 1.41. The monoisotopic (exact) mass is 410 g/mol. The number of aromatic nitrogens is 1. The Morgan fingerprint density at radius 2 is 2.20 bits per heavy atom. The minimum atomic E-state index is 0. The number of aliphatic imine (C=N–C) groups is 1. The maximum absolute atomic E-state index is 5.02. The summed E-state index contributed by atoms with van der Waals surface area (Å²) >= 11 is 1.81. The molecule has 0 atom stereocenters. The SMILES string of the molecule is CCNC(=NCc1ccc(OC)nc1)NCCSC.I. The molecule has 5 nitrogen and oxygen atoms in total. The molecule has 0 aliphatic heterocycles. The van der Waals surface area contributed by atoms with E-state index in [-0.39, 0.29) is 24.0 Å². The lowest BCUT2D eigenvalue weighted by Gasteiger charge is -2.10. The highest BCUT2D eigenvalue weighted by Gasteiger charge is 1.98. The first-order chi connectivity index (χ1) is 9.30. The van der Waals surface area contributed by atoms with Crippen LogP contribution in [0.15, 0.2) is 23.3 Å². The van der Waals surface area contributed by atoms with Crippen LogP contribution in [0.5, 0.6) is 5.88 Å². The van der Waals surface area contributed by atoms with Gasteiger partial charge in [-0.2, -0.15) is 11.8 Å². The third-order valence-corrected chi connectivity index (χ3v) is 2.98. The topological polar surface area (TPSA) is 58.5 Å². The minimum Gasteiger partial charge on any atom is -0.481 e. The van der Waals surface area contributed by atoms with Gasteiger partial charge in [-0.25, -0.2) is 9.98 Å². The van der Waals surface area contributed by atoms with E-state index in [0.717, 1.165) is 30.4 Å². The van der Waals surface area contributed by atoms with Crippen molar-refractivity contribution in [1.82, 2.24) is 15.6 Å². The fourth-order valence-corrected chi connectivity index (χ4v) is 1.71. The Morgan fingerprint density at radius 1 is 1.40 bits per heavy atom. The van der Waals surface area contributed by atoms with E-state index in [1.807, 2.05) is 23.9 Å². The van der Waals surface area contributed by atoms with Crippen molar-refractivity contribution >= 4 is 41.7 Å². The number of hydrogen-bond donors (Lipinski definition) is 2. The molecule has 0 aliphatic rings. The van der Waals surface area contributed by atoms with E-state index in [1.165, 1.54) is 0 Å². The van der Waals surface area contributed by atoms with Crippen LogP contribution in [0.3, 0.4) is 0 Å². The molecule has 1 heterocycles. The fraction of sp³-hybridized carbons (Fsp3) is 0.538. The quantitative estimate of drug-likeness (QED) is 0.312. The number of halogens is 1. The molecule has 0 fully saturated rings. The number of guanidine groups is 1. The molecule has 1 aromatic rings. The van der Waals surface area contributed by atoms with Gasteiger partial charge in [-0.3, -0.25) is 0 Å². The zero-order valence-corrected chi connectivity index (χ0v) is 15.3. The van der Waals surface area contributed by atoms with Crippen molar-refractivity contribution in [2.75, 3.05) is 32.2 Å². The molecule has 0 aromatic carbocycles. The van der Waals surface area contributed by atoms with E-state index in [4.69, 9.17) is 4.74 Å². The standard InChI is InChI=1S/C13H22N4OS.HI/c1-4-14-13(15-7-8-19-3)17-10-11-5-6-12(18-2)16-9-11;/h5-6,9H,4,7-8,10H2,1-3H3,(H2,14,15,17);1H. The number of hydrogen-bond acceptors (Lipinski definition) is 4. The van der Waals surface area contributed by atoms with Gasteiger partial charge in [0.15, 0.2) is 5.96 Å². The van der Waals surface area contributed by atoms with E-state index in [9.17, 15) is 0 Å². The lowest BCUT2D eigenvalue weighted by atomic mass is 10.3. The van der Waals surface area contributed by atoms with Crippen molar-refractivity contribution < 1.29 is 4.74 Å². The average Bonchev–Trinajstić information content (AvgIpc) is 2.45. The summed E-state index contributed by atoms with van der Waals surface area (Å²) in [6, 6.07) is 3.82. The molecule has 2 N–H and O–H groups in total. The maximum atomic E-state index is 5.02. The van der Waals surface area contributed by atoms with Crippen LogP contribution in [0.4, 0.5) is 0 Å². The van der Waals surface area contributed by atoms with Gasteiger partial charge in [0.05, 0.1) is 13.7 Å². The number of thioether (sulfide) groups is 1. The lowest BCUT2D eigenvalue weighted by molar-refractivity contribution is 0.397. The van der Waals surface area contributed by atoms with Crippen LogP contribution in [0, 0.1) is 0 Å². The largest absolute Gasteiger partial charge is 0.481 e. The Labute approximate surface area is 142 Å². The second-order valence-electron chi connectivity index (χ2n) is 3.82. The van der Waals surface area contributed by atoms with Crippen LogP contribution < -0.4 is 15.4 Å². The molecule has 0 radical (unpaired) electrons. The molecule has 1 rings (SSSR count). The first kappa shape index (κ1) is 19.3. The van der Waals surface area contributed by atoms with Gasteiger partial charge in [0, 0.05) is 31.1 Å². The van der Waals surface area contributed by atoms with Crippen LogP contribution >= 0.6 is 35.7 Å². The van der Waals surface area contributed by atoms with Gasteiger partial charge in [-0.05, 0) is 18.7 Å². The number of ether oxygens (including phenoxy) is 1. The molecule has 0 amide bonds. The summed E-state index contributed by atoms with van der Waals surface area (Å²) in [4.78, 5) is 8.68. The van der Waals surface area contributed by atoms with Crippen molar-refractivity contribution in [1.29, 1.82) is 0 Å². The summed E-state index contributed by atoms with van der Waals surface area (Å²) in [5.74, 6) is 2.53. The number of methoxy groups -OCH3 is 1. The van der Waals surface area contributed by atoms with Crippen LogP contribution in [0.25, 0.3) is 0 Å². The minimum absolute atomic E-state index is 0. The highest BCUT2D eigenvalue weighted by Crippen LogP contribution is 2.07. The van der Waals surface area contributed by atoms with E-state index >= 15 is 0 Å². The van der Waals surface area contributed by atoms with Gasteiger partial charge < -0.3 is 15.4 Å². The van der Waals surface area contributed by atoms with Crippen LogP contribution in [0.1, 0.15) is 12.5 Å². The summed E-state index contributed by atoms with van der Waals surface area (Å²) in [7, 11) is 1.61. The number of rotatable bonds is 7. The number of pyridine rings is 1. The van der Waals surface area contributed by atoms with Crippen LogP contribution in [-0.2, 0) is 6.54 Å². The van der Waals surface area contributed by atoms with Gasteiger partial charge in [0.1, 0.15) is 0 Å². The highest BCUT2D eigenvalue weighted by atomic mass is 127. The molecular weight excluding hydrogens is 387 g/mol. The lowest BCUT2D eigenvalue weighted by Crippen LogP contribution is -2.38. The third kappa shape index (κ3) is 7.78. The van der Waals surface area contributed by atoms with E-state index < -0.39 is 0 Å². The summed E-state index contributed by atoms with van der Waals surface area (Å²) in [5.41, 5.74) is 1.06. The molecule has 0 unspecified atom stereocenters. The van der Waals surface area contributed by atoms with Crippen molar-refractivity contribution in [3.05, 3.63) is 23.9 Å².